The zero-order valence-corrected chi connectivity index (χ0v) is 14.4. The van der Waals surface area contributed by atoms with Gasteiger partial charge >= 0.3 is 0 Å². The van der Waals surface area contributed by atoms with Crippen molar-refractivity contribution < 1.29 is 0 Å². The molecule has 0 saturated heterocycles. The largest absolute Gasteiger partial charge is 0.314 e. The Hall–Kier alpha value is -0.570. The third kappa shape index (κ3) is 5.28. The van der Waals surface area contributed by atoms with Gasteiger partial charge in [-0.3, -0.25) is 0 Å². The molecule has 118 valence electrons. The van der Waals surface area contributed by atoms with Crippen molar-refractivity contribution in [2.24, 2.45) is 11.8 Å². The van der Waals surface area contributed by atoms with Gasteiger partial charge in [0.05, 0.1) is 0 Å². The van der Waals surface area contributed by atoms with Gasteiger partial charge in [0, 0.05) is 24.2 Å². The Balaban J connectivity index is 1.91. The molecule has 1 aromatic rings. The molecule has 3 unspecified atom stereocenters. The topological polar surface area (TPSA) is 15.3 Å². The first-order chi connectivity index (χ1) is 10.1. The summed E-state index contributed by atoms with van der Waals surface area (Å²) in [5.74, 6) is 1.63. The van der Waals surface area contributed by atoms with Crippen LogP contribution in [0.5, 0.6) is 0 Å². The summed E-state index contributed by atoms with van der Waals surface area (Å²) in [4.78, 5) is 2.44. The molecular formula is C18H29ClN2. The SMILES string of the molecule is CCNC1CCC(C)CC1CN(C)Cc1cccc(Cl)c1. The highest BCUT2D eigenvalue weighted by atomic mass is 35.5. The van der Waals surface area contributed by atoms with Crippen LogP contribution in [0.25, 0.3) is 0 Å². The highest BCUT2D eigenvalue weighted by molar-refractivity contribution is 6.30. The molecule has 1 saturated carbocycles. The van der Waals surface area contributed by atoms with Crippen LogP contribution in [0.4, 0.5) is 0 Å². The number of rotatable bonds is 6. The standard InChI is InChI=1S/C18H29ClN2/c1-4-20-18-9-8-14(2)10-16(18)13-21(3)12-15-6-5-7-17(19)11-15/h5-7,11,14,16,18,20H,4,8-10,12-13H2,1-3H3. The monoisotopic (exact) mass is 308 g/mol. The van der Waals surface area contributed by atoms with Crippen LogP contribution in [0.3, 0.4) is 0 Å². The molecule has 0 aliphatic heterocycles. The maximum Gasteiger partial charge on any atom is 0.0409 e. The van der Waals surface area contributed by atoms with Gasteiger partial charge in [-0.2, -0.15) is 0 Å². The number of hydrogen-bond donors (Lipinski definition) is 1. The lowest BCUT2D eigenvalue weighted by Crippen LogP contribution is -2.44. The first kappa shape index (κ1) is 16.8. The average Bonchev–Trinajstić information content (AvgIpc) is 2.42. The minimum Gasteiger partial charge on any atom is -0.314 e. The first-order valence-electron chi connectivity index (χ1n) is 8.24. The summed E-state index contributed by atoms with van der Waals surface area (Å²) in [5.41, 5.74) is 1.30. The summed E-state index contributed by atoms with van der Waals surface area (Å²) in [6.45, 7) is 7.82. The molecule has 0 heterocycles. The Morgan fingerprint density at radius 2 is 2.14 bits per heavy atom. The van der Waals surface area contributed by atoms with E-state index in [1.54, 1.807) is 0 Å². The van der Waals surface area contributed by atoms with Crippen LogP contribution in [-0.4, -0.2) is 31.1 Å². The van der Waals surface area contributed by atoms with Gasteiger partial charge in [-0.1, -0.05) is 37.6 Å². The van der Waals surface area contributed by atoms with Crippen molar-refractivity contribution in [2.75, 3.05) is 20.1 Å². The summed E-state index contributed by atoms with van der Waals surface area (Å²) >= 11 is 6.08. The van der Waals surface area contributed by atoms with Crippen molar-refractivity contribution in [2.45, 2.75) is 45.7 Å². The Morgan fingerprint density at radius 1 is 1.33 bits per heavy atom. The molecule has 1 fully saturated rings. The fraction of sp³-hybridized carbons (Fsp3) is 0.667. The Morgan fingerprint density at radius 3 is 2.86 bits per heavy atom. The van der Waals surface area contributed by atoms with Crippen molar-refractivity contribution in [1.82, 2.24) is 10.2 Å². The third-order valence-electron chi connectivity index (χ3n) is 4.60. The predicted molar refractivity (Wildman–Crippen MR) is 91.8 cm³/mol. The highest BCUT2D eigenvalue weighted by Gasteiger charge is 2.28. The molecule has 2 nitrogen and oxygen atoms in total. The van der Waals surface area contributed by atoms with Crippen molar-refractivity contribution in [3.63, 3.8) is 0 Å². The van der Waals surface area contributed by atoms with Crippen molar-refractivity contribution in [3.05, 3.63) is 34.9 Å². The lowest BCUT2D eigenvalue weighted by atomic mass is 9.78. The van der Waals surface area contributed by atoms with E-state index in [0.717, 1.165) is 36.5 Å². The molecule has 0 amide bonds. The molecule has 0 spiro atoms. The number of hydrogen-bond acceptors (Lipinski definition) is 2. The smallest absolute Gasteiger partial charge is 0.0409 e. The van der Waals surface area contributed by atoms with Gasteiger partial charge in [0.2, 0.25) is 0 Å². The average molecular weight is 309 g/mol. The van der Waals surface area contributed by atoms with Crippen molar-refractivity contribution >= 4 is 11.6 Å². The maximum atomic E-state index is 6.08. The van der Waals surface area contributed by atoms with Crippen molar-refractivity contribution in [3.8, 4) is 0 Å². The van der Waals surface area contributed by atoms with Gasteiger partial charge in [0.15, 0.2) is 0 Å². The molecule has 3 atom stereocenters. The van der Waals surface area contributed by atoms with E-state index in [9.17, 15) is 0 Å². The van der Waals surface area contributed by atoms with E-state index in [0.29, 0.717) is 6.04 Å². The Kier molecular flexibility index (Phi) is 6.53. The lowest BCUT2D eigenvalue weighted by molar-refractivity contribution is 0.158. The summed E-state index contributed by atoms with van der Waals surface area (Å²) in [6.07, 6.45) is 4.04. The molecule has 0 radical (unpaired) electrons. The Bertz CT molecular complexity index is 435. The predicted octanol–water partition coefficient (Wildman–Crippen LogP) is 4.19. The van der Waals surface area contributed by atoms with Crippen LogP contribution in [-0.2, 0) is 6.54 Å². The molecule has 3 heteroatoms. The number of nitrogens with zero attached hydrogens (tertiary/aromatic N) is 1. The zero-order valence-electron chi connectivity index (χ0n) is 13.6. The van der Waals surface area contributed by atoms with Crippen molar-refractivity contribution in [1.29, 1.82) is 0 Å². The quantitative estimate of drug-likeness (QED) is 0.848. The van der Waals surface area contributed by atoms with E-state index in [1.807, 2.05) is 12.1 Å². The van der Waals surface area contributed by atoms with Gasteiger partial charge < -0.3 is 10.2 Å². The second-order valence-electron chi connectivity index (χ2n) is 6.67. The third-order valence-corrected chi connectivity index (χ3v) is 4.83. The summed E-state index contributed by atoms with van der Waals surface area (Å²) in [6, 6.07) is 8.90. The number of benzene rings is 1. The second kappa shape index (κ2) is 8.17. The van der Waals surface area contributed by atoms with Gasteiger partial charge in [0.1, 0.15) is 0 Å². The Labute approximate surface area is 134 Å². The minimum atomic E-state index is 0.688. The molecule has 1 aliphatic rings. The summed E-state index contributed by atoms with van der Waals surface area (Å²) in [7, 11) is 2.23. The molecule has 1 aromatic carbocycles. The van der Waals surface area contributed by atoms with Gasteiger partial charge in [0.25, 0.3) is 0 Å². The van der Waals surface area contributed by atoms with Crippen LogP contribution in [0.2, 0.25) is 5.02 Å². The van der Waals surface area contributed by atoms with Crippen LogP contribution in [0.15, 0.2) is 24.3 Å². The van der Waals surface area contributed by atoms with E-state index in [4.69, 9.17) is 11.6 Å². The van der Waals surface area contributed by atoms with E-state index in [1.165, 1.54) is 24.8 Å². The zero-order chi connectivity index (χ0) is 15.2. The molecule has 0 aromatic heterocycles. The summed E-state index contributed by atoms with van der Waals surface area (Å²) in [5, 5.41) is 4.52. The molecule has 1 aliphatic carbocycles. The van der Waals surface area contributed by atoms with Crippen LogP contribution in [0, 0.1) is 11.8 Å². The van der Waals surface area contributed by atoms with E-state index < -0.39 is 0 Å². The number of nitrogens with one attached hydrogen (secondary N) is 1. The highest BCUT2D eigenvalue weighted by Crippen LogP contribution is 2.29. The molecular weight excluding hydrogens is 280 g/mol. The fourth-order valence-electron chi connectivity index (χ4n) is 3.64. The molecule has 2 rings (SSSR count). The summed E-state index contributed by atoms with van der Waals surface area (Å²) < 4.78 is 0. The van der Waals surface area contributed by atoms with Gasteiger partial charge in [-0.15, -0.1) is 0 Å². The minimum absolute atomic E-state index is 0.688. The van der Waals surface area contributed by atoms with E-state index in [-0.39, 0.29) is 0 Å². The lowest BCUT2D eigenvalue weighted by Gasteiger charge is -2.37. The second-order valence-corrected chi connectivity index (χ2v) is 7.11. The van der Waals surface area contributed by atoms with Gasteiger partial charge in [-0.25, -0.2) is 0 Å². The van der Waals surface area contributed by atoms with Crippen LogP contribution < -0.4 is 5.32 Å². The van der Waals surface area contributed by atoms with Crippen LogP contribution in [0.1, 0.15) is 38.7 Å². The first-order valence-corrected chi connectivity index (χ1v) is 8.62. The molecule has 1 N–H and O–H groups in total. The molecule has 0 bridgehead atoms. The fourth-order valence-corrected chi connectivity index (χ4v) is 3.86. The van der Waals surface area contributed by atoms with Crippen LogP contribution >= 0.6 is 11.6 Å². The van der Waals surface area contributed by atoms with Gasteiger partial charge in [-0.05, 0) is 62.4 Å². The maximum absolute atomic E-state index is 6.08. The normalized spacial score (nSPS) is 26.2. The number of halogens is 1. The van der Waals surface area contributed by atoms with E-state index >= 15 is 0 Å². The van der Waals surface area contributed by atoms with E-state index in [2.05, 4.69) is 43.2 Å². The molecule has 21 heavy (non-hydrogen) atoms.